The molecule has 0 unspecified atom stereocenters. The molecule has 3 aromatic heterocycles. The first-order chi connectivity index (χ1) is 69.1. The van der Waals surface area contributed by atoms with Crippen LogP contribution in [0.2, 0.25) is 0 Å². The second-order valence-electron chi connectivity index (χ2n) is 37.0. The van der Waals surface area contributed by atoms with Crippen LogP contribution in [0.15, 0.2) is 516 Å². The molecule has 30 rings (SSSR count). The SMILES string of the molecule is c1ccc(-c2c3ccccc3c(-c3cccc(-n4c5ccc6ccccc6c5c5ccc6ccccc6c54)c3)c3ccccc23)cc1.c1ccc(-c2c3ccccc3c(-n3c4ccc5ccccc5c4c4ccc5ccccc5c43)c3ccccc23)cc1.c1ccc2c(-c3ccc(-c4c5ccccc5c(-n5c6ccc7ccccc7c6c6ccc7ccccc7c65)c5ccccc45)cc3)cccc2c1. The smallest absolute Gasteiger partial charge is 0.0620 e. The normalized spacial score (nSPS) is 11.9. The first-order valence-electron chi connectivity index (χ1n) is 48.2. The predicted molar refractivity (Wildman–Crippen MR) is 597 cm³/mol. The Kier molecular flexibility index (Phi) is 18.4. The van der Waals surface area contributed by atoms with Gasteiger partial charge >= 0.3 is 0 Å². The Morgan fingerprint density at radius 3 is 0.712 bits per heavy atom. The van der Waals surface area contributed by atoms with Crippen molar-refractivity contribution >= 4 is 205 Å². The molecule has 139 heavy (non-hydrogen) atoms. The third-order valence-corrected chi connectivity index (χ3v) is 29.6. The van der Waals surface area contributed by atoms with Crippen molar-refractivity contribution in [2.75, 3.05) is 0 Å². The highest BCUT2D eigenvalue weighted by Crippen LogP contribution is 2.52. The van der Waals surface area contributed by atoms with Gasteiger partial charge in [-0.15, -0.1) is 0 Å². The molecule has 0 spiro atoms. The van der Waals surface area contributed by atoms with Crippen molar-refractivity contribution in [3.8, 4) is 72.7 Å². The van der Waals surface area contributed by atoms with Crippen molar-refractivity contribution in [1.82, 2.24) is 13.7 Å². The number of fused-ring (bicyclic) bond motifs is 28. The molecule has 0 saturated heterocycles. The van der Waals surface area contributed by atoms with E-state index >= 15 is 0 Å². The molecule has 0 radical (unpaired) electrons. The highest BCUT2D eigenvalue weighted by molar-refractivity contribution is 6.33. The number of nitrogens with zero attached hydrogens (tertiary/aromatic N) is 3. The zero-order valence-corrected chi connectivity index (χ0v) is 75.9. The molecule has 3 nitrogen and oxygen atoms in total. The zero-order valence-electron chi connectivity index (χ0n) is 75.9. The molecule has 0 N–H and O–H groups in total. The Morgan fingerprint density at radius 1 is 0.122 bits per heavy atom. The van der Waals surface area contributed by atoms with Crippen molar-refractivity contribution in [2.24, 2.45) is 0 Å². The molecule has 0 aliphatic heterocycles. The van der Waals surface area contributed by atoms with E-state index in [1.807, 2.05) is 0 Å². The van der Waals surface area contributed by atoms with E-state index in [1.165, 1.54) is 272 Å². The molecular weight excluding hydrogens is 1680 g/mol. The lowest BCUT2D eigenvalue weighted by Crippen LogP contribution is -1.99. The summed E-state index contributed by atoms with van der Waals surface area (Å²) >= 11 is 0. The molecule has 0 bridgehead atoms. The summed E-state index contributed by atoms with van der Waals surface area (Å²) in [7, 11) is 0. The maximum Gasteiger partial charge on any atom is 0.0620 e. The summed E-state index contributed by atoms with van der Waals surface area (Å²) in [5.41, 5.74) is 23.6. The summed E-state index contributed by atoms with van der Waals surface area (Å²) in [5, 5.41) is 40.6. The molecule has 644 valence electrons. The monoisotopic (exact) mass is 1760 g/mol. The van der Waals surface area contributed by atoms with Crippen LogP contribution in [-0.2, 0) is 0 Å². The van der Waals surface area contributed by atoms with Crippen LogP contribution < -0.4 is 0 Å². The summed E-state index contributed by atoms with van der Waals surface area (Å²) < 4.78 is 7.61. The van der Waals surface area contributed by atoms with Gasteiger partial charge in [-0.2, -0.15) is 0 Å². The number of rotatable bonds is 8. The second-order valence-corrected chi connectivity index (χ2v) is 37.0. The van der Waals surface area contributed by atoms with Gasteiger partial charge in [0, 0.05) is 75.7 Å². The van der Waals surface area contributed by atoms with Gasteiger partial charge in [-0.1, -0.05) is 485 Å². The van der Waals surface area contributed by atoms with Gasteiger partial charge in [0.1, 0.15) is 0 Å². The Morgan fingerprint density at radius 2 is 0.353 bits per heavy atom. The number of aromatic nitrogens is 3. The highest BCUT2D eigenvalue weighted by Gasteiger charge is 2.28. The van der Waals surface area contributed by atoms with E-state index < -0.39 is 0 Å². The molecule has 0 saturated carbocycles. The topological polar surface area (TPSA) is 14.8 Å². The fourth-order valence-corrected chi connectivity index (χ4v) is 23.7. The minimum absolute atomic E-state index is 1.16. The standard InChI is InChI=1S/C50H31N.C46H29N.C40H25N/c1-4-16-37-32(12-1)15-11-23-38(37)35-24-26-36(27-25-35)47-41-19-7-9-21-43(41)50(44-22-10-8-20-42(44)47)51-46-31-29-33-13-2-5-17-39(33)48(46)45-30-28-34-14-3-6-18-40(34)49(45)51;1-2-15-32(16-3-1)43-37-21-8-10-23-39(37)44(40-24-11-9-22-38(40)43)33-17-12-18-34(29-33)47-42-28-26-30-13-4-6-19-35(30)45(42)41-27-25-31-14-5-7-20-36(31)46(41)47;1-2-14-28(15-3-1)37-31-18-8-10-20-33(31)40(34-21-11-9-19-32(34)37)41-36-25-23-26-12-4-6-16-29(26)38(36)35-24-22-27-13-5-7-17-30(27)39(35)41/h1-31H;1-29H;1-25H. The van der Waals surface area contributed by atoms with Crippen molar-refractivity contribution in [2.45, 2.75) is 0 Å². The van der Waals surface area contributed by atoms with Gasteiger partial charge in [-0.05, 0) is 188 Å². The van der Waals surface area contributed by atoms with E-state index in [0.29, 0.717) is 0 Å². The average molecular weight is 1760 g/mol. The van der Waals surface area contributed by atoms with E-state index in [0.717, 1.165) is 5.69 Å². The summed E-state index contributed by atoms with van der Waals surface area (Å²) in [6.45, 7) is 0. The van der Waals surface area contributed by atoms with Crippen molar-refractivity contribution in [1.29, 1.82) is 0 Å². The van der Waals surface area contributed by atoms with Gasteiger partial charge in [-0.25, -0.2) is 0 Å². The minimum Gasteiger partial charge on any atom is -0.309 e. The van der Waals surface area contributed by atoms with E-state index in [1.54, 1.807) is 0 Å². The summed E-state index contributed by atoms with van der Waals surface area (Å²) in [6, 6.07) is 189. The minimum atomic E-state index is 1.16. The number of hydrogen-bond donors (Lipinski definition) is 0. The van der Waals surface area contributed by atoms with Crippen LogP contribution in [0.3, 0.4) is 0 Å². The summed E-state index contributed by atoms with van der Waals surface area (Å²) in [4.78, 5) is 0. The Labute approximate surface area is 801 Å². The molecule has 27 aromatic carbocycles. The first-order valence-corrected chi connectivity index (χ1v) is 48.2. The van der Waals surface area contributed by atoms with Crippen molar-refractivity contribution in [3.63, 3.8) is 0 Å². The zero-order chi connectivity index (χ0) is 91.3. The molecule has 0 aliphatic rings. The molecule has 3 heteroatoms. The van der Waals surface area contributed by atoms with Crippen molar-refractivity contribution < 1.29 is 0 Å². The Bertz CT molecular complexity index is 10200. The molecule has 3 heterocycles. The molecular formula is C136H85N3. The lowest BCUT2D eigenvalue weighted by Gasteiger charge is -2.20. The van der Waals surface area contributed by atoms with Gasteiger partial charge in [0.15, 0.2) is 0 Å². The van der Waals surface area contributed by atoms with Gasteiger partial charge in [0.25, 0.3) is 0 Å². The van der Waals surface area contributed by atoms with Crippen LogP contribution in [0.5, 0.6) is 0 Å². The lowest BCUT2D eigenvalue weighted by molar-refractivity contribution is 1.19. The third kappa shape index (κ3) is 12.5. The lowest BCUT2D eigenvalue weighted by atomic mass is 9.86. The summed E-state index contributed by atoms with van der Waals surface area (Å²) in [6.07, 6.45) is 0. The van der Waals surface area contributed by atoms with E-state index in [-0.39, 0.29) is 0 Å². The third-order valence-electron chi connectivity index (χ3n) is 29.6. The molecule has 0 atom stereocenters. The fourth-order valence-electron chi connectivity index (χ4n) is 23.7. The van der Waals surface area contributed by atoms with Crippen molar-refractivity contribution in [3.05, 3.63) is 516 Å². The summed E-state index contributed by atoms with van der Waals surface area (Å²) in [5.74, 6) is 0. The van der Waals surface area contributed by atoms with Crippen LogP contribution in [0.25, 0.3) is 278 Å². The molecule has 0 fully saturated rings. The first kappa shape index (κ1) is 79.3. The highest BCUT2D eigenvalue weighted by atomic mass is 15.0. The van der Waals surface area contributed by atoms with E-state index in [9.17, 15) is 0 Å². The number of benzene rings is 27. The molecule has 0 aliphatic carbocycles. The maximum atomic E-state index is 2.57. The average Bonchev–Trinajstić information content (AvgIpc) is 1.55. The van der Waals surface area contributed by atoms with E-state index in [4.69, 9.17) is 0 Å². The largest absolute Gasteiger partial charge is 0.309 e. The second kappa shape index (κ2) is 32.3. The van der Waals surface area contributed by atoms with Crippen LogP contribution in [0.1, 0.15) is 0 Å². The Balaban J connectivity index is 0.000000103. The maximum absolute atomic E-state index is 2.57. The van der Waals surface area contributed by atoms with Gasteiger partial charge in [-0.3, -0.25) is 0 Å². The van der Waals surface area contributed by atoms with Crippen LogP contribution in [0.4, 0.5) is 0 Å². The quantitative estimate of drug-likeness (QED) is 0.135. The Hall–Kier alpha value is -18.3. The van der Waals surface area contributed by atoms with E-state index in [2.05, 4.69) is 529 Å². The van der Waals surface area contributed by atoms with Gasteiger partial charge < -0.3 is 13.7 Å². The molecule has 30 aromatic rings. The van der Waals surface area contributed by atoms with Crippen LogP contribution >= 0.6 is 0 Å². The molecule has 0 amide bonds. The predicted octanol–water partition coefficient (Wildman–Crippen LogP) is 37.7. The van der Waals surface area contributed by atoms with Gasteiger partial charge in [0.05, 0.1) is 44.5 Å². The van der Waals surface area contributed by atoms with Crippen LogP contribution in [0, 0.1) is 0 Å². The van der Waals surface area contributed by atoms with Gasteiger partial charge in [0.2, 0.25) is 0 Å². The number of hydrogen-bond acceptors (Lipinski definition) is 0. The fraction of sp³-hybridized carbons (Fsp3) is 0. The van der Waals surface area contributed by atoms with Crippen LogP contribution in [-0.4, -0.2) is 13.7 Å².